The van der Waals surface area contributed by atoms with Gasteiger partial charge in [-0.3, -0.25) is 9.80 Å². The number of halogens is 1. The van der Waals surface area contributed by atoms with Crippen molar-refractivity contribution in [1.29, 1.82) is 0 Å². The first-order chi connectivity index (χ1) is 8.24. The van der Waals surface area contributed by atoms with Gasteiger partial charge in [0.15, 0.2) is 0 Å². The molecule has 0 bridgehead atoms. The highest BCUT2D eigenvalue weighted by atomic mass is 19.1. The van der Waals surface area contributed by atoms with E-state index in [0.29, 0.717) is 19.7 Å². The lowest BCUT2D eigenvalue weighted by Gasteiger charge is -2.46. The fourth-order valence-electron chi connectivity index (χ4n) is 3.09. The van der Waals surface area contributed by atoms with Gasteiger partial charge in [0.05, 0.1) is 25.1 Å². The molecule has 0 radical (unpaired) electrons. The van der Waals surface area contributed by atoms with Gasteiger partial charge in [0.25, 0.3) is 0 Å². The second-order valence-electron chi connectivity index (χ2n) is 5.02. The van der Waals surface area contributed by atoms with Gasteiger partial charge in [-0.25, -0.2) is 4.39 Å². The van der Waals surface area contributed by atoms with Gasteiger partial charge in [0, 0.05) is 39.8 Å². The summed E-state index contributed by atoms with van der Waals surface area (Å²) < 4.78 is 18.0. The summed E-state index contributed by atoms with van der Waals surface area (Å²) >= 11 is 0. The SMILES string of the molecule is COC[C@]12C/C(=C\F)CN1CCN(CCO)C2. The van der Waals surface area contributed by atoms with Crippen LogP contribution in [0.2, 0.25) is 0 Å². The van der Waals surface area contributed by atoms with Crippen molar-refractivity contribution in [2.24, 2.45) is 0 Å². The van der Waals surface area contributed by atoms with Crippen LogP contribution in [0.15, 0.2) is 11.9 Å². The third-order valence-corrected chi connectivity index (χ3v) is 3.81. The van der Waals surface area contributed by atoms with Crippen LogP contribution in [-0.4, -0.2) is 73.5 Å². The topological polar surface area (TPSA) is 35.9 Å². The normalized spacial score (nSPS) is 33.2. The van der Waals surface area contributed by atoms with E-state index in [2.05, 4.69) is 9.80 Å². The Bertz CT molecular complexity index is 298. The first-order valence-corrected chi connectivity index (χ1v) is 6.09. The highest BCUT2D eigenvalue weighted by Gasteiger charge is 2.46. The molecule has 0 aromatic carbocycles. The third-order valence-electron chi connectivity index (χ3n) is 3.81. The third kappa shape index (κ3) is 2.52. The number of piperazine rings is 1. The molecule has 2 heterocycles. The molecular formula is C12H21FN2O2. The minimum absolute atomic E-state index is 0.0971. The van der Waals surface area contributed by atoms with Crippen molar-refractivity contribution >= 4 is 0 Å². The number of hydrogen-bond donors (Lipinski definition) is 1. The molecule has 0 aromatic rings. The smallest absolute Gasteiger partial charge is 0.0872 e. The molecule has 2 saturated heterocycles. The van der Waals surface area contributed by atoms with Crippen LogP contribution >= 0.6 is 0 Å². The second-order valence-corrected chi connectivity index (χ2v) is 5.02. The number of fused-ring (bicyclic) bond motifs is 1. The Labute approximate surface area is 102 Å². The van der Waals surface area contributed by atoms with Gasteiger partial charge in [-0.15, -0.1) is 0 Å². The largest absolute Gasteiger partial charge is 0.395 e. The van der Waals surface area contributed by atoms with E-state index in [0.717, 1.165) is 38.0 Å². The Morgan fingerprint density at radius 3 is 3.00 bits per heavy atom. The maximum atomic E-state index is 12.7. The molecule has 17 heavy (non-hydrogen) atoms. The van der Waals surface area contributed by atoms with Crippen LogP contribution in [0.25, 0.3) is 0 Å². The Morgan fingerprint density at radius 2 is 2.35 bits per heavy atom. The van der Waals surface area contributed by atoms with E-state index in [9.17, 15) is 4.39 Å². The van der Waals surface area contributed by atoms with E-state index in [1.165, 1.54) is 0 Å². The molecule has 0 unspecified atom stereocenters. The molecule has 1 atom stereocenters. The zero-order chi connectivity index (χ0) is 12.3. The Morgan fingerprint density at radius 1 is 1.53 bits per heavy atom. The number of rotatable bonds is 4. The van der Waals surface area contributed by atoms with Crippen LogP contribution in [0.1, 0.15) is 6.42 Å². The molecule has 0 spiro atoms. The average molecular weight is 244 g/mol. The number of ether oxygens (including phenoxy) is 1. The Balaban J connectivity index is 2.11. The van der Waals surface area contributed by atoms with Gasteiger partial charge in [-0.2, -0.15) is 0 Å². The van der Waals surface area contributed by atoms with Gasteiger partial charge in [-0.1, -0.05) is 0 Å². The number of aliphatic hydroxyl groups excluding tert-OH is 1. The Hall–Kier alpha value is -0.490. The van der Waals surface area contributed by atoms with Crippen LogP contribution < -0.4 is 0 Å². The quantitative estimate of drug-likeness (QED) is 0.768. The summed E-state index contributed by atoms with van der Waals surface area (Å²) in [5.74, 6) is 0. The molecule has 0 amide bonds. The molecule has 0 saturated carbocycles. The summed E-state index contributed by atoms with van der Waals surface area (Å²) in [5, 5.41) is 9.01. The number of β-amino-alcohol motifs (C(OH)–C–C–N with tert-alkyl or cyclic N) is 1. The molecule has 1 N–H and O–H groups in total. The number of nitrogens with zero attached hydrogens (tertiary/aromatic N) is 2. The molecule has 2 fully saturated rings. The highest BCUT2D eigenvalue weighted by Crippen LogP contribution is 2.36. The fourth-order valence-corrected chi connectivity index (χ4v) is 3.09. The summed E-state index contributed by atoms with van der Waals surface area (Å²) in [7, 11) is 1.69. The van der Waals surface area contributed by atoms with E-state index in [-0.39, 0.29) is 12.1 Å². The van der Waals surface area contributed by atoms with E-state index in [1.807, 2.05) is 0 Å². The minimum Gasteiger partial charge on any atom is -0.395 e. The standard InChI is InChI=1S/C12H21FN2O2/c1-17-10-12-6-11(7-13)8-15(12)3-2-14(9-12)4-5-16/h7,16H,2-6,8-10H2,1H3/b11-7+/t12-/m1/s1. The lowest BCUT2D eigenvalue weighted by molar-refractivity contribution is -0.0266. The van der Waals surface area contributed by atoms with Gasteiger partial charge < -0.3 is 9.84 Å². The number of hydrogen-bond acceptors (Lipinski definition) is 4. The van der Waals surface area contributed by atoms with Crippen molar-refractivity contribution in [3.63, 3.8) is 0 Å². The van der Waals surface area contributed by atoms with Gasteiger partial charge >= 0.3 is 0 Å². The zero-order valence-electron chi connectivity index (χ0n) is 10.4. The summed E-state index contributed by atoms with van der Waals surface area (Å²) in [6.07, 6.45) is 1.48. The van der Waals surface area contributed by atoms with Gasteiger partial charge in [-0.05, 0) is 12.0 Å². The lowest BCUT2D eigenvalue weighted by atomic mass is 9.93. The zero-order valence-corrected chi connectivity index (χ0v) is 10.4. The summed E-state index contributed by atoms with van der Waals surface area (Å²) in [6.45, 7) is 4.90. The van der Waals surface area contributed by atoms with E-state index in [4.69, 9.17) is 9.84 Å². The molecule has 2 aliphatic heterocycles. The number of aliphatic hydroxyl groups is 1. The molecule has 2 rings (SSSR count). The summed E-state index contributed by atoms with van der Waals surface area (Å²) in [4.78, 5) is 4.55. The van der Waals surface area contributed by atoms with Gasteiger partial charge in [0.1, 0.15) is 0 Å². The van der Waals surface area contributed by atoms with Crippen LogP contribution in [0.5, 0.6) is 0 Å². The predicted molar refractivity (Wildman–Crippen MR) is 63.5 cm³/mol. The van der Waals surface area contributed by atoms with E-state index < -0.39 is 0 Å². The Kier molecular flexibility index (Phi) is 4.14. The first-order valence-electron chi connectivity index (χ1n) is 6.09. The van der Waals surface area contributed by atoms with Crippen LogP contribution in [0.4, 0.5) is 4.39 Å². The molecule has 0 aliphatic carbocycles. The lowest BCUT2D eigenvalue weighted by Crippen LogP contribution is -2.61. The van der Waals surface area contributed by atoms with Gasteiger partial charge in [0.2, 0.25) is 0 Å². The maximum Gasteiger partial charge on any atom is 0.0872 e. The monoisotopic (exact) mass is 244 g/mol. The maximum absolute atomic E-state index is 12.7. The van der Waals surface area contributed by atoms with Crippen LogP contribution in [0.3, 0.4) is 0 Å². The summed E-state index contributed by atoms with van der Waals surface area (Å²) in [6, 6.07) is 0. The number of methoxy groups -OCH3 is 1. The van der Waals surface area contributed by atoms with E-state index in [1.54, 1.807) is 7.11 Å². The van der Waals surface area contributed by atoms with Crippen molar-refractivity contribution < 1.29 is 14.2 Å². The van der Waals surface area contributed by atoms with Crippen molar-refractivity contribution in [3.05, 3.63) is 11.9 Å². The first kappa shape index (κ1) is 13.0. The second kappa shape index (κ2) is 5.44. The van der Waals surface area contributed by atoms with Crippen molar-refractivity contribution in [3.8, 4) is 0 Å². The van der Waals surface area contributed by atoms with Crippen molar-refractivity contribution in [1.82, 2.24) is 9.80 Å². The predicted octanol–water partition coefficient (Wildman–Crippen LogP) is 0.239. The molecule has 5 heteroatoms. The minimum atomic E-state index is -0.0971. The molecular weight excluding hydrogens is 223 g/mol. The van der Waals surface area contributed by atoms with Crippen LogP contribution in [0, 0.1) is 0 Å². The fraction of sp³-hybridized carbons (Fsp3) is 0.833. The molecule has 2 aliphatic rings. The highest BCUT2D eigenvalue weighted by molar-refractivity contribution is 5.19. The van der Waals surface area contributed by atoms with Crippen molar-refractivity contribution in [2.45, 2.75) is 12.0 Å². The van der Waals surface area contributed by atoms with E-state index >= 15 is 0 Å². The molecule has 0 aromatic heterocycles. The molecule has 4 nitrogen and oxygen atoms in total. The average Bonchev–Trinajstić information content (AvgIpc) is 2.67. The van der Waals surface area contributed by atoms with Crippen LogP contribution in [-0.2, 0) is 4.74 Å². The molecule has 98 valence electrons. The summed E-state index contributed by atoms with van der Waals surface area (Å²) in [5.41, 5.74) is 0.757. The van der Waals surface area contributed by atoms with Crippen molar-refractivity contribution in [2.75, 3.05) is 53.0 Å².